The van der Waals surface area contributed by atoms with Gasteiger partial charge in [-0.05, 0) is 19.4 Å². The predicted molar refractivity (Wildman–Crippen MR) is 66.7 cm³/mol. The SMILES string of the molecule is COCCCNC(=O)c1cccc(C)c1[N+](=O)[O-]. The Morgan fingerprint density at radius 1 is 1.50 bits per heavy atom. The molecule has 0 saturated heterocycles. The first-order valence-electron chi connectivity index (χ1n) is 5.59. The topological polar surface area (TPSA) is 81.5 Å². The molecule has 1 N–H and O–H groups in total. The Kier molecular flexibility index (Phi) is 5.26. The van der Waals surface area contributed by atoms with E-state index in [4.69, 9.17) is 4.74 Å². The van der Waals surface area contributed by atoms with Crippen LogP contribution in [0.1, 0.15) is 22.3 Å². The highest BCUT2D eigenvalue weighted by Gasteiger charge is 2.21. The van der Waals surface area contributed by atoms with Gasteiger partial charge in [-0.15, -0.1) is 0 Å². The number of nitrogens with one attached hydrogen (secondary N) is 1. The van der Waals surface area contributed by atoms with Crippen LogP contribution in [0.15, 0.2) is 18.2 Å². The van der Waals surface area contributed by atoms with Crippen molar-refractivity contribution < 1.29 is 14.5 Å². The van der Waals surface area contributed by atoms with Crippen LogP contribution < -0.4 is 5.32 Å². The number of aryl methyl sites for hydroxylation is 1. The van der Waals surface area contributed by atoms with Crippen LogP contribution in [0.2, 0.25) is 0 Å². The molecule has 1 rings (SSSR count). The van der Waals surface area contributed by atoms with E-state index in [1.54, 1.807) is 26.2 Å². The molecule has 18 heavy (non-hydrogen) atoms. The number of benzene rings is 1. The number of methoxy groups -OCH3 is 1. The smallest absolute Gasteiger partial charge is 0.285 e. The highest BCUT2D eigenvalue weighted by molar-refractivity contribution is 5.98. The molecular weight excluding hydrogens is 236 g/mol. The molecule has 0 saturated carbocycles. The lowest BCUT2D eigenvalue weighted by molar-refractivity contribution is -0.385. The van der Waals surface area contributed by atoms with Crippen molar-refractivity contribution in [1.29, 1.82) is 0 Å². The van der Waals surface area contributed by atoms with E-state index in [1.807, 2.05) is 0 Å². The van der Waals surface area contributed by atoms with Crippen LogP contribution in [0, 0.1) is 17.0 Å². The predicted octanol–water partition coefficient (Wildman–Crippen LogP) is 1.67. The van der Waals surface area contributed by atoms with Gasteiger partial charge in [-0.25, -0.2) is 0 Å². The number of nitro groups is 1. The van der Waals surface area contributed by atoms with Gasteiger partial charge >= 0.3 is 0 Å². The van der Waals surface area contributed by atoms with Crippen LogP contribution in [-0.4, -0.2) is 31.1 Å². The van der Waals surface area contributed by atoms with Crippen molar-refractivity contribution in [2.45, 2.75) is 13.3 Å². The number of nitro benzene ring substituents is 1. The van der Waals surface area contributed by atoms with Gasteiger partial charge in [0.2, 0.25) is 0 Å². The van der Waals surface area contributed by atoms with Crippen molar-refractivity contribution in [2.75, 3.05) is 20.3 Å². The Balaban J connectivity index is 2.79. The maximum atomic E-state index is 11.8. The average molecular weight is 252 g/mol. The molecule has 0 aliphatic carbocycles. The van der Waals surface area contributed by atoms with E-state index in [-0.39, 0.29) is 11.3 Å². The fourth-order valence-electron chi connectivity index (χ4n) is 1.60. The molecule has 0 spiro atoms. The first-order chi connectivity index (χ1) is 8.57. The summed E-state index contributed by atoms with van der Waals surface area (Å²) in [5.74, 6) is -0.429. The van der Waals surface area contributed by atoms with Crippen LogP contribution in [0.5, 0.6) is 0 Å². The molecular formula is C12H16N2O4. The van der Waals surface area contributed by atoms with E-state index in [1.165, 1.54) is 6.07 Å². The van der Waals surface area contributed by atoms with Gasteiger partial charge in [0.15, 0.2) is 0 Å². The second-order valence-corrected chi connectivity index (χ2v) is 3.83. The monoisotopic (exact) mass is 252 g/mol. The zero-order valence-electron chi connectivity index (χ0n) is 10.4. The lowest BCUT2D eigenvalue weighted by atomic mass is 10.1. The third kappa shape index (κ3) is 3.53. The van der Waals surface area contributed by atoms with Gasteiger partial charge in [0.1, 0.15) is 5.56 Å². The van der Waals surface area contributed by atoms with E-state index < -0.39 is 10.8 Å². The zero-order chi connectivity index (χ0) is 13.5. The lowest BCUT2D eigenvalue weighted by Gasteiger charge is -2.06. The molecule has 6 heteroatoms. The molecule has 1 aromatic carbocycles. The van der Waals surface area contributed by atoms with Crippen molar-refractivity contribution in [3.05, 3.63) is 39.4 Å². The Hall–Kier alpha value is -1.95. The minimum absolute atomic E-state index is 0.0948. The summed E-state index contributed by atoms with van der Waals surface area (Å²) in [5.41, 5.74) is 0.434. The molecule has 6 nitrogen and oxygen atoms in total. The summed E-state index contributed by atoms with van der Waals surface area (Å²) < 4.78 is 4.85. The number of rotatable bonds is 6. The third-order valence-electron chi connectivity index (χ3n) is 2.48. The highest BCUT2D eigenvalue weighted by atomic mass is 16.6. The number of ether oxygens (including phenoxy) is 1. The number of nitrogens with zero attached hydrogens (tertiary/aromatic N) is 1. The lowest BCUT2D eigenvalue weighted by Crippen LogP contribution is -2.26. The molecule has 0 heterocycles. The summed E-state index contributed by atoms with van der Waals surface area (Å²) in [6.07, 6.45) is 0.669. The first-order valence-corrected chi connectivity index (χ1v) is 5.59. The van der Waals surface area contributed by atoms with Crippen molar-refractivity contribution >= 4 is 11.6 Å². The summed E-state index contributed by atoms with van der Waals surface area (Å²) in [4.78, 5) is 22.2. The van der Waals surface area contributed by atoms with E-state index in [0.29, 0.717) is 25.1 Å². The molecule has 0 bridgehead atoms. The van der Waals surface area contributed by atoms with E-state index in [2.05, 4.69) is 5.32 Å². The maximum absolute atomic E-state index is 11.8. The molecule has 0 aromatic heterocycles. The fourth-order valence-corrected chi connectivity index (χ4v) is 1.60. The number of carbonyl (C=O) groups is 1. The summed E-state index contributed by atoms with van der Waals surface area (Å²) in [7, 11) is 1.58. The maximum Gasteiger partial charge on any atom is 0.285 e. The van der Waals surface area contributed by atoms with E-state index >= 15 is 0 Å². The molecule has 0 fully saturated rings. The van der Waals surface area contributed by atoms with Gasteiger partial charge < -0.3 is 10.1 Å². The minimum Gasteiger partial charge on any atom is -0.385 e. The van der Waals surface area contributed by atoms with Crippen molar-refractivity contribution in [2.24, 2.45) is 0 Å². The van der Waals surface area contributed by atoms with Crippen LogP contribution in [0.25, 0.3) is 0 Å². The van der Waals surface area contributed by atoms with Crippen LogP contribution in [-0.2, 0) is 4.74 Å². The molecule has 0 aliphatic rings. The largest absolute Gasteiger partial charge is 0.385 e. The summed E-state index contributed by atoms with van der Waals surface area (Å²) in [6, 6.07) is 4.70. The van der Waals surface area contributed by atoms with Gasteiger partial charge in [-0.1, -0.05) is 12.1 Å². The minimum atomic E-state index is -0.528. The molecule has 0 radical (unpaired) electrons. The average Bonchev–Trinajstić information content (AvgIpc) is 2.33. The molecule has 1 aromatic rings. The second-order valence-electron chi connectivity index (χ2n) is 3.83. The Morgan fingerprint density at radius 2 is 2.22 bits per heavy atom. The number of amides is 1. The number of para-hydroxylation sites is 1. The van der Waals surface area contributed by atoms with Crippen molar-refractivity contribution in [3.8, 4) is 0 Å². The normalized spacial score (nSPS) is 10.1. The zero-order valence-corrected chi connectivity index (χ0v) is 10.4. The first kappa shape index (κ1) is 14.1. The van der Waals surface area contributed by atoms with Crippen LogP contribution in [0.4, 0.5) is 5.69 Å². The van der Waals surface area contributed by atoms with Crippen LogP contribution >= 0.6 is 0 Å². The Morgan fingerprint density at radius 3 is 2.83 bits per heavy atom. The van der Waals surface area contributed by atoms with Gasteiger partial charge in [0, 0.05) is 25.8 Å². The number of hydrogen-bond acceptors (Lipinski definition) is 4. The summed E-state index contributed by atoms with van der Waals surface area (Å²) >= 11 is 0. The van der Waals surface area contributed by atoms with Crippen molar-refractivity contribution in [3.63, 3.8) is 0 Å². The number of carbonyl (C=O) groups excluding carboxylic acids is 1. The molecule has 1 amide bonds. The van der Waals surface area contributed by atoms with Gasteiger partial charge in [-0.3, -0.25) is 14.9 Å². The Labute approximate surface area is 105 Å². The quantitative estimate of drug-likeness (QED) is 0.474. The fraction of sp³-hybridized carbons (Fsp3) is 0.417. The van der Waals surface area contributed by atoms with Gasteiger partial charge in [0.25, 0.3) is 11.6 Å². The molecule has 0 atom stereocenters. The number of hydrogen-bond donors (Lipinski definition) is 1. The van der Waals surface area contributed by atoms with Gasteiger partial charge in [0.05, 0.1) is 4.92 Å². The van der Waals surface area contributed by atoms with Crippen LogP contribution in [0.3, 0.4) is 0 Å². The van der Waals surface area contributed by atoms with Crippen molar-refractivity contribution in [1.82, 2.24) is 5.32 Å². The second kappa shape index (κ2) is 6.70. The molecule has 98 valence electrons. The highest BCUT2D eigenvalue weighted by Crippen LogP contribution is 2.22. The van der Waals surface area contributed by atoms with Gasteiger partial charge in [-0.2, -0.15) is 0 Å². The summed E-state index contributed by atoms with van der Waals surface area (Å²) in [5, 5.41) is 13.6. The molecule has 0 unspecified atom stereocenters. The standard InChI is InChI=1S/C12H16N2O4/c1-9-5-3-6-10(11(9)14(16)17)12(15)13-7-4-8-18-2/h3,5-6H,4,7-8H2,1-2H3,(H,13,15). The third-order valence-corrected chi connectivity index (χ3v) is 2.48. The summed E-state index contributed by atoms with van der Waals surface area (Å²) in [6.45, 7) is 2.58. The molecule has 0 aliphatic heterocycles. The van der Waals surface area contributed by atoms with E-state index in [9.17, 15) is 14.9 Å². The van der Waals surface area contributed by atoms with E-state index in [0.717, 1.165) is 0 Å². The Bertz CT molecular complexity index is 446.